The van der Waals surface area contributed by atoms with E-state index in [1.807, 2.05) is 45.9 Å². The lowest BCUT2D eigenvalue weighted by atomic mass is 10.1. The molecule has 128 valence electrons. The van der Waals surface area contributed by atoms with Crippen LogP contribution in [0.4, 0.5) is 4.79 Å². The lowest BCUT2D eigenvalue weighted by Crippen LogP contribution is -2.35. The number of benzene rings is 1. The molecule has 1 aromatic rings. The van der Waals surface area contributed by atoms with Crippen LogP contribution in [0.3, 0.4) is 0 Å². The summed E-state index contributed by atoms with van der Waals surface area (Å²) in [5.41, 5.74) is 0.686. The van der Waals surface area contributed by atoms with E-state index in [0.717, 1.165) is 41.7 Å². The number of rotatable bonds is 4. The highest BCUT2D eigenvalue weighted by Crippen LogP contribution is 2.27. The molecule has 0 aliphatic carbocycles. The van der Waals surface area contributed by atoms with E-state index in [-0.39, 0.29) is 6.09 Å². The maximum atomic E-state index is 12.1. The molecule has 1 saturated heterocycles. The summed E-state index contributed by atoms with van der Waals surface area (Å²) in [7, 11) is 0. The van der Waals surface area contributed by atoms with Gasteiger partial charge in [-0.25, -0.2) is 4.79 Å². The second kappa shape index (κ2) is 7.56. The third kappa shape index (κ3) is 5.41. The second-order valence-electron chi connectivity index (χ2n) is 7.08. The number of likely N-dealkylation sites (tertiary alicyclic amines) is 1. The molecule has 2 rings (SSSR count). The number of halogens is 1. The van der Waals surface area contributed by atoms with Gasteiger partial charge in [0.25, 0.3) is 0 Å². The van der Waals surface area contributed by atoms with Gasteiger partial charge in [-0.3, -0.25) is 0 Å². The summed E-state index contributed by atoms with van der Waals surface area (Å²) in [4.78, 5) is 13.9. The van der Waals surface area contributed by atoms with Gasteiger partial charge >= 0.3 is 6.09 Å². The molecule has 0 spiro atoms. The van der Waals surface area contributed by atoms with Gasteiger partial charge in [0, 0.05) is 23.1 Å². The Balaban J connectivity index is 1.76. The fraction of sp³-hybridized carbons (Fsp3) is 0.611. The van der Waals surface area contributed by atoms with Gasteiger partial charge in [-0.2, -0.15) is 0 Å². The first kappa shape index (κ1) is 18.1. The van der Waals surface area contributed by atoms with Crippen LogP contribution in [0, 0.1) is 12.8 Å². The van der Waals surface area contributed by atoms with Gasteiger partial charge in [-0.15, -0.1) is 0 Å². The lowest BCUT2D eigenvalue weighted by molar-refractivity contribution is 0.0286. The number of nitrogens with zero attached hydrogens (tertiary/aromatic N) is 1. The molecular formula is C18H26BrNO3. The fourth-order valence-electron chi connectivity index (χ4n) is 2.64. The van der Waals surface area contributed by atoms with Gasteiger partial charge in [-0.1, -0.05) is 22.0 Å². The SMILES string of the molecule is Cc1c(Br)cccc1OCC[C@@H]1CCN(C(=O)OC(C)(C)C)C1. The van der Waals surface area contributed by atoms with E-state index >= 15 is 0 Å². The van der Waals surface area contributed by atoms with Crippen molar-refractivity contribution in [2.75, 3.05) is 19.7 Å². The smallest absolute Gasteiger partial charge is 0.410 e. The first-order valence-corrected chi connectivity index (χ1v) is 8.91. The molecule has 0 unspecified atom stereocenters. The highest BCUT2D eigenvalue weighted by Gasteiger charge is 2.29. The van der Waals surface area contributed by atoms with E-state index < -0.39 is 5.60 Å². The molecule has 0 bridgehead atoms. The summed E-state index contributed by atoms with van der Waals surface area (Å²) in [6.07, 6.45) is 1.76. The predicted molar refractivity (Wildman–Crippen MR) is 94.9 cm³/mol. The molecule has 1 atom stereocenters. The van der Waals surface area contributed by atoms with Crippen LogP contribution in [0.2, 0.25) is 0 Å². The number of amides is 1. The van der Waals surface area contributed by atoms with E-state index in [1.165, 1.54) is 0 Å². The van der Waals surface area contributed by atoms with Crippen LogP contribution in [-0.4, -0.2) is 36.3 Å². The molecule has 1 fully saturated rings. The van der Waals surface area contributed by atoms with Crippen molar-refractivity contribution in [3.8, 4) is 5.75 Å². The minimum Gasteiger partial charge on any atom is -0.493 e. The van der Waals surface area contributed by atoms with Crippen molar-refractivity contribution in [2.45, 2.75) is 46.1 Å². The molecule has 4 nitrogen and oxygen atoms in total. The Morgan fingerprint density at radius 2 is 2.13 bits per heavy atom. The lowest BCUT2D eigenvalue weighted by Gasteiger charge is -2.24. The average molecular weight is 384 g/mol. The maximum Gasteiger partial charge on any atom is 0.410 e. The van der Waals surface area contributed by atoms with E-state index in [2.05, 4.69) is 15.9 Å². The number of carbonyl (C=O) groups excluding carboxylic acids is 1. The van der Waals surface area contributed by atoms with Crippen LogP contribution in [-0.2, 0) is 4.74 Å². The summed E-state index contributed by atoms with van der Waals surface area (Å²) >= 11 is 3.51. The predicted octanol–water partition coefficient (Wildman–Crippen LogP) is 4.78. The van der Waals surface area contributed by atoms with Crippen molar-refractivity contribution >= 4 is 22.0 Å². The molecule has 1 amide bonds. The molecule has 0 N–H and O–H groups in total. The quantitative estimate of drug-likeness (QED) is 0.750. The third-order valence-corrected chi connectivity index (χ3v) is 4.80. The van der Waals surface area contributed by atoms with E-state index in [9.17, 15) is 4.79 Å². The molecule has 1 aliphatic rings. The molecule has 0 radical (unpaired) electrons. The van der Waals surface area contributed by atoms with Crippen molar-refractivity contribution in [2.24, 2.45) is 5.92 Å². The van der Waals surface area contributed by atoms with Crippen LogP contribution >= 0.6 is 15.9 Å². The van der Waals surface area contributed by atoms with E-state index in [1.54, 1.807) is 4.90 Å². The Morgan fingerprint density at radius 1 is 1.39 bits per heavy atom. The molecule has 5 heteroatoms. The zero-order valence-electron chi connectivity index (χ0n) is 14.4. The Bertz CT molecular complexity index is 554. The minimum atomic E-state index is -0.434. The van der Waals surface area contributed by atoms with Crippen molar-refractivity contribution in [3.05, 3.63) is 28.2 Å². The van der Waals surface area contributed by atoms with Crippen molar-refractivity contribution in [1.29, 1.82) is 0 Å². The van der Waals surface area contributed by atoms with Crippen LogP contribution in [0.15, 0.2) is 22.7 Å². The summed E-state index contributed by atoms with van der Waals surface area (Å²) in [6.45, 7) is 9.93. The number of carbonyl (C=O) groups is 1. The van der Waals surface area contributed by atoms with Gasteiger partial charge in [0.1, 0.15) is 11.4 Å². The molecular weight excluding hydrogens is 358 g/mol. The summed E-state index contributed by atoms with van der Waals surface area (Å²) in [5.74, 6) is 1.40. The van der Waals surface area contributed by atoms with Gasteiger partial charge < -0.3 is 14.4 Å². The van der Waals surface area contributed by atoms with Crippen LogP contribution in [0.1, 0.15) is 39.2 Å². The van der Waals surface area contributed by atoms with Crippen LogP contribution in [0.5, 0.6) is 5.75 Å². The Labute approximate surface area is 147 Å². The molecule has 1 aromatic carbocycles. The average Bonchev–Trinajstić information content (AvgIpc) is 2.91. The molecule has 1 heterocycles. The first-order valence-electron chi connectivity index (χ1n) is 8.12. The summed E-state index contributed by atoms with van der Waals surface area (Å²) < 4.78 is 12.4. The summed E-state index contributed by atoms with van der Waals surface area (Å²) in [5, 5.41) is 0. The van der Waals surface area contributed by atoms with Crippen molar-refractivity contribution in [3.63, 3.8) is 0 Å². The number of hydrogen-bond donors (Lipinski definition) is 0. The molecule has 0 saturated carbocycles. The fourth-order valence-corrected chi connectivity index (χ4v) is 2.99. The normalized spacial score (nSPS) is 18.1. The number of hydrogen-bond acceptors (Lipinski definition) is 3. The van der Waals surface area contributed by atoms with Gasteiger partial charge in [-0.05, 0) is 58.6 Å². The topological polar surface area (TPSA) is 38.8 Å². The zero-order valence-corrected chi connectivity index (χ0v) is 16.0. The first-order chi connectivity index (χ1) is 10.8. The maximum absolute atomic E-state index is 12.1. The minimum absolute atomic E-state index is 0.205. The Hall–Kier alpha value is -1.23. The highest BCUT2D eigenvalue weighted by atomic mass is 79.9. The van der Waals surface area contributed by atoms with Gasteiger partial charge in [0.2, 0.25) is 0 Å². The van der Waals surface area contributed by atoms with Gasteiger partial charge in [0.05, 0.1) is 6.61 Å². The van der Waals surface area contributed by atoms with Crippen LogP contribution in [0.25, 0.3) is 0 Å². The van der Waals surface area contributed by atoms with E-state index in [0.29, 0.717) is 12.5 Å². The third-order valence-electron chi connectivity index (χ3n) is 3.94. The van der Waals surface area contributed by atoms with Crippen molar-refractivity contribution < 1.29 is 14.3 Å². The molecule has 23 heavy (non-hydrogen) atoms. The second-order valence-corrected chi connectivity index (χ2v) is 7.94. The Morgan fingerprint density at radius 3 is 2.83 bits per heavy atom. The van der Waals surface area contributed by atoms with Gasteiger partial charge in [0.15, 0.2) is 0 Å². The highest BCUT2D eigenvalue weighted by molar-refractivity contribution is 9.10. The van der Waals surface area contributed by atoms with Crippen LogP contribution < -0.4 is 4.74 Å². The van der Waals surface area contributed by atoms with Crippen molar-refractivity contribution in [1.82, 2.24) is 4.90 Å². The standard InChI is InChI=1S/C18H26BrNO3/c1-13-15(19)6-5-7-16(13)22-11-9-14-8-10-20(12-14)17(21)23-18(2,3)4/h5-7,14H,8-12H2,1-4H3/t14-/m0/s1. The molecule has 1 aliphatic heterocycles. The largest absolute Gasteiger partial charge is 0.493 e. The summed E-state index contributed by atoms with van der Waals surface area (Å²) in [6, 6.07) is 5.98. The van der Waals surface area contributed by atoms with E-state index in [4.69, 9.17) is 9.47 Å². The Kier molecular flexibility index (Phi) is 5.95. The zero-order chi connectivity index (χ0) is 17.0. The number of ether oxygens (including phenoxy) is 2. The molecule has 0 aromatic heterocycles. The monoisotopic (exact) mass is 383 g/mol.